The molecule has 2 heteroatoms. The van der Waals surface area contributed by atoms with E-state index in [9.17, 15) is 0 Å². The molecule has 1 aromatic rings. The first kappa shape index (κ1) is 10.9. The highest BCUT2D eigenvalue weighted by atomic mass is 16.5. The van der Waals surface area contributed by atoms with Crippen LogP contribution in [0.2, 0.25) is 0 Å². The summed E-state index contributed by atoms with van der Waals surface area (Å²) in [5.41, 5.74) is 2.17. The van der Waals surface area contributed by atoms with Gasteiger partial charge in [-0.1, -0.05) is 30.3 Å². The van der Waals surface area contributed by atoms with Crippen LogP contribution >= 0.6 is 0 Å². The number of benzene rings is 1. The third-order valence-electron chi connectivity index (χ3n) is 2.49. The maximum absolute atomic E-state index is 5.58. The number of ether oxygens (including phenoxy) is 1. The smallest absolute Gasteiger partial charge is 0.212 e. The quantitative estimate of drug-likeness (QED) is 0.741. The van der Waals surface area contributed by atoms with Crippen LogP contribution in [-0.4, -0.2) is 18.0 Å². The molecule has 0 fully saturated rings. The van der Waals surface area contributed by atoms with E-state index in [1.54, 1.807) is 0 Å². The largest absolute Gasteiger partial charge is 0.475 e. The predicted octanol–water partition coefficient (Wildman–Crippen LogP) is 3.30. The third kappa shape index (κ3) is 2.51. The molecule has 0 aromatic heterocycles. The standard InChI is InChI=1S/C14H17NO/c1-11(9-12-7-5-4-6-8-12)13-15-14(2,3)10-16-13/h4-9H,10H2,1-3H3/b11-9-. The summed E-state index contributed by atoms with van der Waals surface area (Å²) in [4.78, 5) is 4.54. The van der Waals surface area contributed by atoms with Gasteiger partial charge in [0.2, 0.25) is 5.90 Å². The lowest BCUT2D eigenvalue weighted by Gasteiger charge is -2.07. The summed E-state index contributed by atoms with van der Waals surface area (Å²) in [6.07, 6.45) is 2.10. The molecule has 84 valence electrons. The Hall–Kier alpha value is -1.57. The minimum Gasteiger partial charge on any atom is -0.475 e. The summed E-state index contributed by atoms with van der Waals surface area (Å²) >= 11 is 0. The molecule has 0 aliphatic carbocycles. The zero-order valence-electron chi connectivity index (χ0n) is 10.0. The Morgan fingerprint density at radius 2 is 2.00 bits per heavy atom. The van der Waals surface area contributed by atoms with Crippen molar-refractivity contribution in [3.63, 3.8) is 0 Å². The average molecular weight is 215 g/mol. The maximum Gasteiger partial charge on any atom is 0.212 e. The van der Waals surface area contributed by atoms with Crippen molar-refractivity contribution in [2.45, 2.75) is 26.3 Å². The first-order chi connectivity index (χ1) is 7.57. The second-order valence-electron chi connectivity index (χ2n) is 4.76. The summed E-state index contributed by atoms with van der Waals surface area (Å²) < 4.78 is 5.58. The van der Waals surface area contributed by atoms with Crippen molar-refractivity contribution >= 4 is 12.0 Å². The Morgan fingerprint density at radius 1 is 1.31 bits per heavy atom. The van der Waals surface area contributed by atoms with E-state index < -0.39 is 0 Å². The van der Waals surface area contributed by atoms with Crippen molar-refractivity contribution in [3.05, 3.63) is 41.5 Å². The molecular weight excluding hydrogens is 198 g/mol. The van der Waals surface area contributed by atoms with Crippen LogP contribution in [-0.2, 0) is 4.74 Å². The summed E-state index contributed by atoms with van der Waals surface area (Å²) in [6.45, 7) is 6.86. The summed E-state index contributed by atoms with van der Waals surface area (Å²) in [5, 5.41) is 0. The van der Waals surface area contributed by atoms with Crippen LogP contribution < -0.4 is 0 Å². The molecule has 16 heavy (non-hydrogen) atoms. The lowest BCUT2D eigenvalue weighted by Crippen LogP contribution is -2.17. The fourth-order valence-electron chi connectivity index (χ4n) is 1.65. The molecule has 1 aromatic carbocycles. The lowest BCUT2D eigenvalue weighted by atomic mass is 10.1. The van der Waals surface area contributed by atoms with Gasteiger partial charge in [-0.2, -0.15) is 0 Å². The van der Waals surface area contributed by atoms with E-state index >= 15 is 0 Å². The van der Waals surface area contributed by atoms with E-state index in [2.05, 4.69) is 37.0 Å². The molecule has 1 heterocycles. The van der Waals surface area contributed by atoms with Gasteiger partial charge in [0, 0.05) is 5.57 Å². The molecular formula is C14H17NO. The highest BCUT2D eigenvalue weighted by molar-refractivity contribution is 5.98. The molecule has 2 nitrogen and oxygen atoms in total. The van der Waals surface area contributed by atoms with Gasteiger partial charge in [-0.05, 0) is 32.4 Å². The van der Waals surface area contributed by atoms with Crippen LogP contribution in [0.5, 0.6) is 0 Å². The second kappa shape index (κ2) is 4.12. The first-order valence-corrected chi connectivity index (χ1v) is 5.53. The molecule has 0 bridgehead atoms. The summed E-state index contributed by atoms with van der Waals surface area (Å²) in [6, 6.07) is 10.2. The van der Waals surface area contributed by atoms with Crippen LogP contribution in [0, 0.1) is 0 Å². The average Bonchev–Trinajstić information content (AvgIpc) is 2.60. The summed E-state index contributed by atoms with van der Waals surface area (Å²) in [7, 11) is 0. The van der Waals surface area contributed by atoms with Gasteiger partial charge in [0.1, 0.15) is 6.61 Å². The minimum atomic E-state index is -0.0822. The zero-order valence-corrected chi connectivity index (χ0v) is 10.0. The maximum atomic E-state index is 5.58. The van der Waals surface area contributed by atoms with E-state index in [1.165, 1.54) is 5.56 Å². The molecule has 1 aliphatic rings. The van der Waals surface area contributed by atoms with Crippen LogP contribution in [0.25, 0.3) is 6.08 Å². The van der Waals surface area contributed by atoms with Crippen molar-refractivity contribution in [2.75, 3.05) is 6.61 Å². The van der Waals surface area contributed by atoms with Crippen molar-refractivity contribution in [2.24, 2.45) is 4.99 Å². The van der Waals surface area contributed by atoms with Gasteiger partial charge >= 0.3 is 0 Å². The van der Waals surface area contributed by atoms with Gasteiger partial charge < -0.3 is 4.74 Å². The first-order valence-electron chi connectivity index (χ1n) is 5.53. The molecule has 0 unspecified atom stereocenters. The van der Waals surface area contributed by atoms with Crippen molar-refractivity contribution in [1.29, 1.82) is 0 Å². The van der Waals surface area contributed by atoms with E-state index in [-0.39, 0.29) is 5.54 Å². The van der Waals surface area contributed by atoms with Crippen molar-refractivity contribution in [3.8, 4) is 0 Å². The highest BCUT2D eigenvalue weighted by Gasteiger charge is 2.26. The molecule has 0 atom stereocenters. The molecule has 0 amide bonds. The van der Waals surface area contributed by atoms with Gasteiger partial charge in [0.05, 0.1) is 5.54 Å². The van der Waals surface area contributed by atoms with Crippen LogP contribution in [0.15, 0.2) is 40.9 Å². The fourth-order valence-corrected chi connectivity index (χ4v) is 1.65. The Kier molecular flexibility index (Phi) is 2.82. The van der Waals surface area contributed by atoms with Gasteiger partial charge in [-0.3, -0.25) is 0 Å². The number of aliphatic imine (C=N–C) groups is 1. The van der Waals surface area contributed by atoms with E-state index in [0.717, 1.165) is 11.5 Å². The normalized spacial score (nSPS) is 19.2. The number of hydrogen-bond donors (Lipinski definition) is 0. The van der Waals surface area contributed by atoms with Crippen molar-refractivity contribution in [1.82, 2.24) is 0 Å². The fraction of sp³-hybridized carbons (Fsp3) is 0.357. The van der Waals surface area contributed by atoms with E-state index in [0.29, 0.717) is 6.61 Å². The SMILES string of the molecule is C/C(=C/c1ccccc1)C1=NC(C)(C)CO1. The Balaban J connectivity index is 2.21. The predicted molar refractivity (Wildman–Crippen MR) is 67.6 cm³/mol. The Morgan fingerprint density at radius 3 is 2.56 bits per heavy atom. The van der Waals surface area contributed by atoms with Gasteiger partial charge in [-0.15, -0.1) is 0 Å². The summed E-state index contributed by atoms with van der Waals surface area (Å²) in [5.74, 6) is 0.772. The minimum absolute atomic E-state index is 0.0822. The van der Waals surface area contributed by atoms with Crippen LogP contribution in [0.1, 0.15) is 26.3 Å². The van der Waals surface area contributed by atoms with Gasteiger partial charge in [-0.25, -0.2) is 4.99 Å². The van der Waals surface area contributed by atoms with Gasteiger partial charge in [0.15, 0.2) is 0 Å². The molecule has 0 saturated carbocycles. The monoisotopic (exact) mass is 215 g/mol. The second-order valence-corrected chi connectivity index (χ2v) is 4.76. The zero-order chi connectivity index (χ0) is 11.6. The molecule has 2 rings (SSSR count). The highest BCUT2D eigenvalue weighted by Crippen LogP contribution is 2.21. The molecule has 0 spiro atoms. The van der Waals surface area contributed by atoms with E-state index in [1.807, 2.05) is 25.1 Å². The van der Waals surface area contributed by atoms with Gasteiger partial charge in [0.25, 0.3) is 0 Å². The van der Waals surface area contributed by atoms with E-state index in [4.69, 9.17) is 4.74 Å². The lowest BCUT2D eigenvalue weighted by molar-refractivity contribution is 0.279. The molecule has 0 radical (unpaired) electrons. The Labute approximate surface area is 96.7 Å². The number of rotatable bonds is 2. The third-order valence-corrected chi connectivity index (χ3v) is 2.49. The molecule has 0 N–H and O–H groups in total. The van der Waals surface area contributed by atoms with Crippen LogP contribution in [0.4, 0.5) is 0 Å². The molecule has 1 aliphatic heterocycles. The van der Waals surface area contributed by atoms with Crippen molar-refractivity contribution < 1.29 is 4.74 Å². The number of nitrogens with zero attached hydrogens (tertiary/aromatic N) is 1. The Bertz CT molecular complexity index is 429. The van der Waals surface area contributed by atoms with Crippen LogP contribution in [0.3, 0.4) is 0 Å². The molecule has 0 saturated heterocycles. The topological polar surface area (TPSA) is 21.6 Å². The number of hydrogen-bond acceptors (Lipinski definition) is 2.